The molecule has 2 unspecified atom stereocenters. The Labute approximate surface area is 221 Å². The summed E-state index contributed by atoms with van der Waals surface area (Å²) in [6.07, 6.45) is 6.82. The maximum Gasteiger partial charge on any atom is 0.270 e. The minimum absolute atomic E-state index is 0.0236. The van der Waals surface area contributed by atoms with Gasteiger partial charge in [-0.25, -0.2) is 4.39 Å². The summed E-state index contributed by atoms with van der Waals surface area (Å²) < 4.78 is 19.0. The van der Waals surface area contributed by atoms with E-state index in [0.717, 1.165) is 31.7 Å². The fourth-order valence-electron chi connectivity index (χ4n) is 6.59. The highest BCUT2D eigenvalue weighted by molar-refractivity contribution is 6.30. The number of hydrogen-bond acceptors (Lipinski definition) is 7. The third-order valence-corrected chi connectivity index (χ3v) is 9.00. The number of aliphatic hydroxyl groups excluding tert-OH is 1. The van der Waals surface area contributed by atoms with Crippen LogP contribution < -0.4 is 26.2 Å². The molecule has 11 heteroatoms. The predicted molar refractivity (Wildman–Crippen MR) is 134 cm³/mol. The van der Waals surface area contributed by atoms with Gasteiger partial charge in [-0.1, -0.05) is 30.9 Å². The topological polar surface area (TPSA) is 121 Å². The SMILES string of the molecule is CC1NOC(C(=O)NC23CCC(NC(=O)COc4ccc(Cl)c(F)c4)(CC2)[C@@H](O)C3)(C2CCCCC2)N1. The summed E-state index contributed by atoms with van der Waals surface area (Å²) in [5, 5.41) is 20.7. The zero-order valence-corrected chi connectivity index (χ0v) is 21.8. The molecule has 1 heterocycles. The Hall–Kier alpha value is -1.98. The van der Waals surface area contributed by atoms with Crippen LogP contribution >= 0.6 is 11.6 Å². The molecule has 0 spiro atoms. The Balaban J connectivity index is 1.20. The van der Waals surface area contributed by atoms with Gasteiger partial charge in [-0.3, -0.25) is 19.7 Å². The van der Waals surface area contributed by atoms with Crippen molar-refractivity contribution < 1.29 is 28.7 Å². The molecule has 9 nitrogen and oxygen atoms in total. The van der Waals surface area contributed by atoms with E-state index in [-0.39, 0.29) is 35.4 Å². The summed E-state index contributed by atoms with van der Waals surface area (Å²) in [7, 11) is 0. The maximum absolute atomic E-state index is 13.7. The van der Waals surface area contributed by atoms with Crippen LogP contribution in [0.1, 0.15) is 71.1 Å². The van der Waals surface area contributed by atoms with Crippen LogP contribution in [-0.4, -0.2) is 52.6 Å². The van der Waals surface area contributed by atoms with Gasteiger partial charge in [0.1, 0.15) is 11.6 Å². The molecule has 5 aliphatic rings. The Morgan fingerprint density at radius 3 is 2.54 bits per heavy atom. The number of amides is 2. The van der Waals surface area contributed by atoms with E-state index in [2.05, 4.69) is 21.4 Å². The summed E-state index contributed by atoms with van der Waals surface area (Å²) in [5.74, 6) is -0.944. The van der Waals surface area contributed by atoms with E-state index in [1.807, 2.05) is 6.92 Å². The molecule has 4 aliphatic carbocycles. The number of hydrogen-bond donors (Lipinski definition) is 5. The molecule has 6 rings (SSSR count). The molecule has 0 aromatic heterocycles. The first-order valence-corrected chi connectivity index (χ1v) is 13.6. The van der Waals surface area contributed by atoms with Crippen LogP contribution in [0.25, 0.3) is 0 Å². The Bertz CT molecular complexity index is 1030. The van der Waals surface area contributed by atoms with Gasteiger partial charge in [0.15, 0.2) is 6.61 Å². The molecule has 1 aliphatic heterocycles. The maximum atomic E-state index is 13.7. The Morgan fingerprint density at radius 2 is 1.92 bits per heavy atom. The van der Waals surface area contributed by atoms with Crippen LogP contribution in [0.5, 0.6) is 5.75 Å². The number of benzene rings is 1. The van der Waals surface area contributed by atoms with Crippen LogP contribution in [0.15, 0.2) is 18.2 Å². The lowest BCUT2D eigenvalue weighted by Gasteiger charge is -2.56. The molecule has 204 valence electrons. The molecule has 0 radical (unpaired) electrons. The molecule has 1 saturated heterocycles. The first-order chi connectivity index (χ1) is 17.7. The molecule has 5 N–H and O–H groups in total. The summed E-state index contributed by atoms with van der Waals surface area (Å²) in [4.78, 5) is 32.4. The van der Waals surface area contributed by atoms with Gasteiger partial charge in [0.25, 0.3) is 11.8 Å². The number of hydroxylamine groups is 1. The van der Waals surface area contributed by atoms with Gasteiger partial charge in [0.2, 0.25) is 5.72 Å². The van der Waals surface area contributed by atoms with Crippen molar-refractivity contribution in [1.29, 1.82) is 0 Å². The van der Waals surface area contributed by atoms with Crippen LogP contribution in [0.4, 0.5) is 4.39 Å². The second-order valence-corrected chi connectivity index (χ2v) is 11.6. The first-order valence-electron chi connectivity index (χ1n) is 13.3. The lowest BCUT2D eigenvalue weighted by molar-refractivity contribution is -0.168. The summed E-state index contributed by atoms with van der Waals surface area (Å²) in [5.41, 5.74) is 0.460. The second kappa shape index (κ2) is 10.3. The van der Waals surface area contributed by atoms with Gasteiger partial charge in [-0.2, -0.15) is 5.48 Å². The lowest BCUT2D eigenvalue weighted by atomic mass is 9.59. The van der Waals surface area contributed by atoms with Crippen LogP contribution in [0, 0.1) is 11.7 Å². The van der Waals surface area contributed by atoms with Gasteiger partial charge in [0, 0.05) is 17.5 Å². The third kappa shape index (κ3) is 5.18. The fourth-order valence-corrected chi connectivity index (χ4v) is 6.71. The van der Waals surface area contributed by atoms with Crippen molar-refractivity contribution >= 4 is 23.4 Å². The molecule has 1 aromatic carbocycles. The molecular formula is C26H36ClFN4O5. The van der Waals surface area contributed by atoms with E-state index in [9.17, 15) is 19.1 Å². The number of fused-ring (bicyclic) bond motifs is 3. The number of rotatable bonds is 7. The van der Waals surface area contributed by atoms with E-state index >= 15 is 0 Å². The van der Waals surface area contributed by atoms with Crippen molar-refractivity contribution in [3.8, 4) is 5.75 Å². The van der Waals surface area contributed by atoms with Crippen LogP contribution in [0.2, 0.25) is 5.02 Å². The molecule has 2 bridgehead atoms. The molecule has 3 atom stereocenters. The Kier molecular flexibility index (Phi) is 7.41. The van der Waals surface area contributed by atoms with Gasteiger partial charge >= 0.3 is 0 Å². The Morgan fingerprint density at radius 1 is 1.19 bits per heavy atom. The summed E-state index contributed by atoms with van der Waals surface area (Å²) in [6, 6.07) is 3.98. The van der Waals surface area contributed by atoms with Crippen LogP contribution in [0.3, 0.4) is 0 Å². The minimum atomic E-state index is -1.13. The molecular weight excluding hydrogens is 503 g/mol. The number of aliphatic hydroxyl groups is 1. The zero-order chi connectivity index (χ0) is 26.3. The van der Waals surface area contributed by atoms with Crippen LogP contribution in [-0.2, 0) is 14.4 Å². The standard InChI is InChI=1S/C26H36ClFN4O5/c1-16-29-26(37-32-16,17-5-3-2-4-6-17)23(35)31-24-9-11-25(12-10-24,21(33)14-24)30-22(34)15-36-18-7-8-19(27)20(28)13-18/h7-8,13,16-17,21,29,32-33H,2-6,9-12,14-15H2,1H3,(H,30,34)(H,31,35)/t16?,21-,24?,25?,26?/m0/s1. The molecule has 37 heavy (non-hydrogen) atoms. The predicted octanol–water partition coefficient (Wildman–Crippen LogP) is 2.65. The number of carbonyl (C=O) groups is 2. The average Bonchev–Trinajstić information content (AvgIpc) is 3.29. The first kappa shape index (κ1) is 26.6. The normalized spacial score (nSPS) is 35.8. The van der Waals surface area contributed by atoms with Gasteiger partial charge in [-0.15, -0.1) is 0 Å². The van der Waals surface area contributed by atoms with Crippen molar-refractivity contribution in [2.24, 2.45) is 5.92 Å². The van der Waals surface area contributed by atoms with Crippen molar-refractivity contribution in [2.45, 2.75) is 100 Å². The zero-order valence-electron chi connectivity index (χ0n) is 21.1. The van der Waals surface area contributed by atoms with Crippen molar-refractivity contribution in [2.75, 3.05) is 6.61 Å². The number of carbonyl (C=O) groups excluding carboxylic acids is 2. The number of ether oxygens (including phenoxy) is 1. The number of nitrogens with one attached hydrogen (secondary N) is 4. The summed E-state index contributed by atoms with van der Waals surface area (Å²) in [6.45, 7) is 1.61. The smallest absolute Gasteiger partial charge is 0.270 e. The van der Waals surface area contributed by atoms with Crippen molar-refractivity contribution in [1.82, 2.24) is 21.4 Å². The molecule has 5 fully saturated rings. The quantitative estimate of drug-likeness (QED) is 0.362. The molecule has 2 amide bonds. The van der Waals surface area contributed by atoms with Crippen molar-refractivity contribution in [3.63, 3.8) is 0 Å². The van der Waals surface area contributed by atoms with Gasteiger partial charge in [-0.05, 0) is 64.0 Å². The van der Waals surface area contributed by atoms with E-state index in [1.54, 1.807) is 0 Å². The lowest BCUT2D eigenvalue weighted by Crippen LogP contribution is -2.73. The highest BCUT2D eigenvalue weighted by Gasteiger charge is 2.58. The fraction of sp³-hybridized carbons (Fsp3) is 0.692. The van der Waals surface area contributed by atoms with E-state index < -0.39 is 34.6 Å². The minimum Gasteiger partial charge on any atom is -0.484 e. The molecule has 4 saturated carbocycles. The van der Waals surface area contributed by atoms with E-state index in [4.69, 9.17) is 21.2 Å². The largest absolute Gasteiger partial charge is 0.484 e. The second-order valence-electron chi connectivity index (χ2n) is 11.2. The average molecular weight is 539 g/mol. The van der Waals surface area contributed by atoms with Crippen molar-refractivity contribution in [3.05, 3.63) is 29.0 Å². The highest BCUT2D eigenvalue weighted by Crippen LogP contribution is 2.48. The highest BCUT2D eigenvalue weighted by atomic mass is 35.5. The molecule has 1 aromatic rings. The van der Waals surface area contributed by atoms with E-state index in [1.165, 1.54) is 18.6 Å². The summed E-state index contributed by atoms with van der Waals surface area (Å²) >= 11 is 5.69. The van der Waals surface area contributed by atoms with Gasteiger partial charge < -0.3 is 20.5 Å². The third-order valence-electron chi connectivity index (χ3n) is 8.69. The van der Waals surface area contributed by atoms with Gasteiger partial charge in [0.05, 0.1) is 22.8 Å². The van der Waals surface area contributed by atoms with E-state index in [0.29, 0.717) is 32.1 Å². The monoisotopic (exact) mass is 538 g/mol. The number of halogens is 2.